The van der Waals surface area contributed by atoms with Crippen molar-refractivity contribution in [2.75, 3.05) is 5.73 Å². The minimum atomic E-state index is 0.608. The van der Waals surface area contributed by atoms with Crippen LogP contribution in [0.1, 0.15) is 82.7 Å². The van der Waals surface area contributed by atoms with E-state index in [0.717, 1.165) is 18.3 Å². The summed E-state index contributed by atoms with van der Waals surface area (Å²) in [5.41, 5.74) is 7.71. The first-order chi connectivity index (χ1) is 9.56. The molecule has 0 aromatic carbocycles. The molecule has 0 aliphatic heterocycles. The summed E-state index contributed by atoms with van der Waals surface area (Å²) in [6, 6.07) is 0. The van der Waals surface area contributed by atoms with Gasteiger partial charge in [-0.05, 0) is 37.5 Å². The van der Waals surface area contributed by atoms with Gasteiger partial charge >= 0.3 is 0 Å². The molecule has 0 amide bonds. The first kappa shape index (κ1) is 14.0. The molecular weight excluding hydrogens is 246 g/mol. The van der Waals surface area contributed by atoms with Crippen LogP contribution in [0.3, 0.4) is 0 Å². The zero-order valence-electron chi connectivity index (χ0n) is 13.2. The predicted octanol–water partition coefficient (Wildman–Crippen LogP) is 4.29. The Bertz CT molecular complexity index is 463. The highest BCUT2D eigenvalue weighted by Crippen LogP contribution is 2.44. The molecule has 2 N–H and O–H groups in total. The fraction of sp³-hybridized carbons (Fsp3) is 0.824. The van der Waals surface area contributed by atoms with Gasteiger partial charge in [0, 0.05) is 18.4 Å². The fourth-order valence-electron chi connectivity index (χ4n) is 3.55. The van der Waals surface area contributed by atoms with E-state index in [4.69, 9.17) is 10.7 Å². The van der Waals surface area contributed by atoms with E-state index in [1.165, 1.54) is 50.0 Å². The van der Waals surface area contributed by atoms with Gasteiger partial charge in [0.25, 0.3) is 0 Å². The number of nitrogens with two attached hydrogens (primary N) is 1. The lowest BCUT2D eigenvalue weighted by atomic mass is 9.81. The third kappa shape index (κ3) is 2.72. The van der Waals surface area contributed by atoms with Crippen LogP contribution in [0.25, 0.3) is 0 Å². The summed E-state index contributed by atoms with van der Waals surface area (Å²) in [5, 5.41) is 0. The quantitative estimate of drug-likeness (QED) is 0.890. The highest BCUT2D eigenvalue weighted by molar-refractivity contribution is 5.42. The Morgan fingerprint density at radius 3 is 2.25 bits per heavy atom. The van der Waals surface area contributed by atoms with Crippen LogP contribution in [0, 0.1) is 11.8 Å². The molecule has 3 rings (SSSR count). The highest BCUT2D eigenvalue weighted by Gasteiger charge is 2.33. The Morgan fingerprint density at radius 2 is 1.70 bits per heavy atom. The topological polar surface area (TPSA) is 43.8 Å². The third-order valence-corrected chi connectivity index (χ3v) is 4.96. The van der Waals surface area contributed by atoms with Gasteiger partial charge in [-0.15, -0.1) is 0 Å². The van der Waals surface area contributed by atoms with Gasteiger partial charge in [0.1, 0.15) is 11.6 Å². The molecule has 3 heteroatoms. The lowest BCUT2D eigenvalue weighted by molar-refractivity contribution is 0.345. The van der Waals surface area contributed by atoms with Gasteiger partial charge in [-0.3, -0.25) is 0 Å². The first-order valence-corrected chi connectivity index (χ1v) is 8.42. The molecule has 0 saturated heterocycles. The molecule has 112 valence electrons. The normalized spacial score (nSPS) is 27.2. The van der Waals surface area contributed by atoms with Crippen LogP contribution in [0.4, 0.5) is 5.82 Å². The molecule has 0 unspecified atom stereocenters. The minimum Gasteiger partial charge on any atom is -0.384 e. The van der Waals surface area contributed by atoms with Crippen LogP contribution in [0.5, 0.6) is 0 Å². The van der Waals surface area contributed by atoms with Gasteiger partial charge in [-0.2, -0.15) is 0 Å². The fourth-order valence-corrected chi connectivity index (χ4v) is 3.55. The molecule has 2 fully saturated rings. The van der Waals surface area contributed by atoms with Gasteiger partial charge in [-0.25, -0.2) is 4.98 Å². The molecule has 0 radical (unpaired) electrons. The zero-order chi connectivity index (χ0) is 14.3. The average molecular weight is 275 g/mol. The number of nitrogens with zero attached hydrogens (tertiary/aromatic N) is 2. The van der Waals surface area contributed by atoms with Crippen LogP contribution in [0.2, 0.25) is 0 Å². The number of hydrogen-bond donors (Lipinski definition) is 1. The number of anilines is 1. The Balaban J connectivity index is 1.87. The van der Waals surface area contributed by atoms with Gasteiger partial charge in [0.2, 0.25) is 0 Å². The average Bonchev–Trinajstić information content (AvgIpc) is 3.19. The maximum atomic E-state index is 6.48. The Hall–Kier alpha value is -0.990. The Morgan fingerprint density at radius 1 is 1.10 bits per heavy atom. The predicted molar refractivity (Wildman–Crippen MR) is 83.8 cm³/mol. The third-order valence-electron chi connectivity index (χ3n) is 4.96. The Kier molecular flexibility index (Phi) is 3.78. The number of nitrogen functional groups attached to an aromatic ring is 1. The molecule has 2 aliphatic carbocycles. The molecule has 0 spiro atoms. The molecule has 2 aliphatic rings. The number of imidazole rings is 1. The van der Waals surface area contributed by atoms with Crippen LogP contribution in [-0.2, 0) is 6.54 Å². The molecule has 1 aromatic heterocycles. The summed E-state index contributed by atoms with van der Waals surface area (Å²) >= 11 is 0. The van der Waals surface area contributed by atoms with Crippen LogP contribution in [0.15, 0.2) is 0 Å². The number of hydrogen-bond acceptors (Lipinski definition) is 2. The summed E-state index contributed by atoms with van der Waals surface area (Å²) in [6.07, 6.45) is 7.81. The standard InChI is InChI=1S/C17H29N3/c1-11(2)10-20-16(18)15(19-17(20)14-8-9-14)13-6-4-12(3)5-7-13/h11-14H,4-10,18H2,1-3H3. The van der Waals surface area contributed by atoms with Gasteiger partial charge in [-0.1, -0.05) is 33.6 Å². The molecule has 2 saturated carbocycles. The summed E-state index contributed by atoms with van der Waals surface area (Å²) in [6.45, 7) is 7.91. The molecule has 1 heterocycles. The minimum absolute atomic E-state index is 0.608. The van der Waals surface area contributed by atoms with Crippen molar-refractivity contribution >= 4 is 5.82 Å². The Labute approximate surface area is 123 Å². The highest BCUT2D eigenvalue weighted by atomic mass is 15.2. The monoisotopic (exact) mass is 275 g/mol. The van der Waals surface area contributed by atoms with Crippen molar-refractivity contribution in [3.63, 3.8) is 0 Å². The van der Waals surface area contributed by atoms with E-state index in [-0.39, 0.29) is 0 Å². The largest absolute Gasteiger partial charge is 0.384 e. The van der Waals surface area contributed by atoms with Crippen LogP contribution >= 0.6 is 0 Å². The molecule has 3 nitrogen and oxygen atoms in total. The zero-order valence-corrected chi connectivity index (χ0v) is 13.2. The van der Waals surface area contributed by atoms with E-state index in [1.807, 2.05) is 0 Å². The number of rotatable bonds is 4. The molecule has 20 heavy (non-hydrogen) atoms. The summed E-state index contributed by atoms with van der Waals surface area (Å²) < 4.78 is 2.33. The first-order valence-electron chi connectivity index (χ1n) is 8.42. The van der Waals surface area contributed by atoms with Crippen molar-refractivity contribution in [3.05, 3.63) is 11.5 Å². The van der Waals surface area contributed by atoms with Crippen molar-refractivity contribution in [1.82, 2.24) is 9.55 Å². The summed E-state index contributed by atoms with van der Waals surface area (Å²) in [4.78, 5) is 5.01. The van der Waals surface area contributed by atoms with Crippen LogP contribution < -0.4 is 5.73 Å². The maximum absolute atomic E-state index is 6.48. The van der Waals surface area contributed by atoms with Gasteiger partial charge < -0.3 is 10.3 Å². The molecule has 1 aromatic rings. The van der Waals surface area contributed by atoms with Crippen molar-refractivity contribution in [1.29, 1.82) is 0 Å². The second-order valence-electron chi connectivity index (χ2n) is 7.48. The van der Waals surface area contributed by atoms with Gasteiger partial charge in [0.05, 0.1) is 5.69 Å². The van der Waals surface area contributed by atoms with E-state index in [1.54, 1.807) is 0 Å². The summed E-state index contributed by atoms with van der Waals surface area (Å²) in [7, 11) is 0. The second-order valence-corrected chi connectivity index (χ2v) is 7.48. The van der Waals surface area contributed by atoms with Crippen LogP contribution in [-0.4, -0.2) is 9.55 Å². The van der Waals surface area contributed by atoms with Crippen molar-refractivity contribution < 1.29 is 0 Å². The van der Waals surface area contributed by atoms with Crippen molar-refractivity contribution in [2.45, 2.75) is 77.7 Å². The van der Waals surface area contributed by atoms with E-state index in [0.29, 0.717) is 17.8 Å². The maximum Gasteiger partial charge on any atom is 0.127 e. The summed E-state index contributed by atoms with van der Waals surface area (Å²) in [5.74, 6) is 5.06. The lowest BCUT2D eigenvalue weighted by Crippen LogP contribution is -2.14. The molecule has 0 bridgehead atoms. The molecular formula is C17H29N3. The SMILES string of the molecule is CC(C)Cn1c(C2CC2)nc(C2CCC(C)CC2)c1N. The van der Waals surface area contributed by atoms with Crippen molar-refractivity contribution in [2.24, 2.45) is 11.8 Å². The van der Waals surface area contributed by atoms with E-state index in [9.17, 15) is 0 Å². The lowest BCUT2D eigenvalue weighted by Gasteiger charge is -2.25. The smallest absolute Gasteiger partial charge is 0.127 e. The van der Waals surface area contributed by atoms with Gasteiger partial charge in [0.15, 0.2) is 0 Å². The van der Waals surface area contributed by atoms with E-state index in [2.05, 4.69) is 25.3 Å². The van der Waals surface area contributed by atoms with E-state index < -0.39 is 0 Å². The number of aromatic nitrogens is 2. The van der Waals surface area contributed by atoms with E-state index >= 15 is 0 Å². The molecule has 0 atom stereocenters. The second kappa shape index (κ2) is 5.42. The van der Waals surface area contributed by atoms with Crippen molar-refractivity contribution in [3.8, 4) is 0 Å².